The Morgan fingerprint density at radius 1 is 1.50 bits per heavy atom. The van der Waals surface area contributed by atoms with E-state index in [1.54, 1.807) is 0 Å². The van der Waals surface area contributed by atoms with E-state index in [4.69, 9.17) is 0 Å². The van der Waals surface area contributed by atoms with Gasteiger partial charge in [0.05, 0.1) is 0 Å². The molecule has 0 spiro atoms. The fourth-order valence-corrected chi connectivity index (χ4v) is 2.06. The largest absolute Gasteiger partial charge is 0.346 e. The van der Waals surface area contributed by atoms with Gasteiger partial charge in [0, 0.05) is 20.0 Å². The Labute approximate surface area is 99.6 Å². The summed E-state index contributed by atoms with van der Waals surface area (Å²) in [6.45, 7) is 7.52. The zero-order valence-corrected chi connectivity index (χ0v) is 11.0. The maximum Gasteiger partial charge on any atom is 0.222 e. The van der Waals surface area contributed by atoms with Gasteiger partial charge in [-0.15, -0.1) is 0 Å². The first-order valence-corrected chi connectivity index (χ1v) is 6.54. The molecule has 1 saturated heterocycles. The molecule has 0 aromatic heterocycles. The highest BCUT2D eigenvalue weighted by Gasteiger charge is 2.17. The molecule has 1 rings (SSSR count). The van der Waals surface area contributed by atoms with E-state index in [0.29, 0.717) is 11.8 Å². The molecule has 0 radical (unpaired) electrons. The number of carbonyl (C=O) groups is 1. The van der Waals surface area contributed by atoms with E-state index >= 15 is 0 Å². The summed E-state index contributed by atoms with van der Waals surface area (Å²) < 4.78 is 0. The van der Waals surface area contributed by atoms with Crippen molar-refractivity contribution < 1.29 is 4.79 Å². The number of carbonyl (C=O) groups excluding carboxylic acids is 1. The van der Waals surface area contributed by atoms with E-state index in [1.165, 1.54) is 6.42 Å². The predicted octanol–water partition coefficient (Wildman–Crippen LogP) is 1.88. The van der Waals surface area contributed by atoms with Crippen molar-refractivity contribution in [2.24, 2.45) is 11.8 Å². The molecule has 1 atom stereocenters. The lowest BCUT2D eigenvalue weighted by Gasteiger charge is -2.19. The van der Waals surface area contributed by atoms with Crippen LogP contribution < -0.4 is 5.32 Å². The van der Waals surface area contributed by atoms with Crippen LogP contribution in [0.2, 0.25) is 0 Å². The quantitative estimate of drug-likeness (QED) is 0.750. The fourth-order valence-electron chi connectivity index (χ4n) is 2.06. The highest BCUT2D eigenvalue weighted by Crippen LogP contribution is 2.15. The van der Waals surface area contributed by atoms with Crippen molar-refractivity contribution in [2.45, 2.75) is 39.5 Å². The molecule has 1 unspecified atom stereocenters. The van der Waals surface area contributed by atoms with Crippen molar-refractivity contribution in [3.8, 4) is 0 Å². The Morgan fingerprint density at radius 2 is 2.25 bits per heavy atom. The lowest BCUT2D eigenvalue weighted by Crippen LogP contribution is -2.28. The molecule has 3 nitrogen and oxygen atoms in total. The van der Waals surface area contributed by atoms with Crippen LogP contribution in [0.4, 0.5) is 0 Å². The second-order valence-electron chi connectivity index (χ2n) is 5.40. The summed E-state index contributed by atoms with van der Waals surface area (Å²) in [4.78, 5) is 13.7. The van der Waals surface area contributed by atoms with Crippen molar-refractivity contribution in [3.05, 3.63) is 0 Å². The van der Waals surface area contributed by atoms with Gasteiger partial charge in [0.1, 0.15) is 0 Å². The molecule has 0 aromatic carbocycles. The van der Waals surface area contributed by atoms with Gasteiger partial charge in [0.2, 0.25) is 5.91 Å². The van der Waals surface area contributed by atoms with Crippen molar-refractivity contribution in [1.29, 1.82) is 0 Å². The van der Waals surface area contributed by atoms with Gasteiger partial charge in [-0.1, -0.05) is 13.8 Å². The molecule has 1 aliphatic heterocycles. The van der Waals surface area contributed by atoms with Gasteiger partial charge in [-0.05, 0) is 44.2 Å². The molecule has 0 bridgehead atoms. The molecule has 1 heterocycles. The Morgan fingerprint density at radius 3 is 2.81 bits per heavy atom. The first-order valence-electron chi connectivity index (χ1n) is 6.54. The van der Waals surface area contributed by atoms with Crippen LogP contribution in [0.1, 0.15) is 39.5 Å². The summed E-state index contributed by atoms with van der Waals surface area (Å²) >= 11 is 0. The van der Waals surface area contributed by atoms with Gasteiger partial charge in [-0.3, -0.25) is 4.79 Å². The maximum atomic E-state index is 11.8. The second kappa shape index (κ2) is 6.89. The van der Waals surface area contributed by atoms with Crippen molar-refractivity contribution >= 4 is 5.91 Å². The van der Waals surface area contributed by atoms with Crippen molar-refractivity contribution in [3.63, 3.8) is 0 Å². The molecule has 3 heteroatoms. The maximum absolute atomic E-state index is 11.8. The van der Waals surface area contributed by atoms with Gasteiger partial charge < -0.3 is 10.2 Å². The van der Waals surface area contributed by atoms with Gasteiger partial charge in [-0.2, -0.15) is 0 Å². The molecule has 0 aromatic rings. The van der Waals surface area contributed by atoms with E-state index in [2.05, 4.69) is 19.2 Å². The summed E-state index contributed by atoms with van der Waals surface area (Å²) in [5.41, 5.74) is 0. The third kappa shape index (κ3) is 4.97. The number of amides is 1. The van der Waals surface area contributed by atoms with Gasteiger partial charge in [0.15, 0.2) is 0 Å². The summed E-state index contributed by atoms with van der Waals surface area (Å²) in [6, 6.07) is 0. The van der Waals surface area contributed by atoms with E-state index in [1.807, 2.05) is 11.9 Å². The van der Waals surface area contributed by atoms with Gasteiger partial charge >= 0.3 is 0 Å². The van der Waals surface area contributed by atoms with Crippen LogP contribution in [0.15, 0.2) is 0 Å². The van der Waals surface area contributed by atoms with Crippen LogP contribution >= 0.6 is 0 Å². The van der Waals surface area contributed by atoms with Gasteiger partial charge in [-0.25, -0.2) is 0 Å². The smallest absolute Gasteiger partial charge is 0.222 e. The molecule has 1 aliphatic rings. The normalized spacial score (nSPS) is 20.4. The fraction of sp³-hybridized carbons (Fsp3) is 0.923. The summed E-state index contributed by atoms with van der Waals surface area (Å²) in [5, 5.41) is 3.34. The number of hydrogen-bond acceptors (Lipinski definition) is 2. The predicted molar refractivity (Wildman–Crippen MR) is 67.3 cm³/mol. The molecule has 1 fully saturated rings. The standard InChI is InChI=1S/C13H26N2O/c1-11(2)7-9-15(3)13(16)5-4-12-6-8-14-10-12/h11-12,14H,4-10H2,1-3H3. The van der Waals surface area contributed by atoms with Crippen LogP contribution in [0.3, 0.4) is 0 Å². The number of nitrogens with zero attached hydrogens (tertiary/aromatic N) is 1. The number of nitrogens with one attached hydrogen (secondary N) is 1. The first kappa shape index (κ1) is 13.5. The van der Waals surface area contributed by atoms with Crippen molar-refractivity contribution in [1.82, 2.24) is 10.2 Å². The van der Waals surface area contributed by atoms with E-state index in [0.717, 1.165) is 44.8 Å². The van der Waals surface area contributed by atoms with Crippen LogP contribution in [0.25, 0.3) is 0 Å². The topological polar surface area (TPSA) is 32.3 Å². The lowest BCUT2D eigenvalue weighted by molar-refractivity contribution is -0.130. The summed E-state index contributed by atoms with van der Waals surface area (Å²) in [7, 11) is 1.93. The van der Waals surface area contributed by atoms with Gasteiger partial charge in [0.25, 0.3) is 0 Å². The lowest BCUT2D eigenvalue weighted by atomic mass is 10.0. The van der Waals surface area contributed by atoms with Crippen LogP contribution in [-0.2, 0) is 4.79 Å². The summed E-state index contributed by atoms with van der Waals surface area (Å²) in [5.74, 6) is 1.71. The Bertz CT molecular complexity index is 210. The number of rotatable bonds is 6. The molecular weight excluding hydrogens is 200 g/mol. The SMILES string of the molecule is CC(C)CCN(C)C(=O)CCC1CCNC1. The zero-order chi connectivity index (χ0) is 12.0. The average molecular weight is 226 g/mol. The molecule has 0 saturated carbocycles. The molecule has 1 N–H and O–H groups in total. The Hall–Kier alpha value is -0.570. The average Bonchev–Trinajstić information content (AvgIpc) is 2.75. The molecular formula is C13H26N2O. The minimum atomic E-state index is 0.313. The highest BCUT2D eigenvalue weighted by atomic mass is 16.2. The van der Waals surface area contributed by atoms with Crippen LogP contribution in [0, 0.1) is 11.8 Å². The minimum Gasteiger partial charge on any atom is -0.346 e. The third-order valence-corrected chi connectivity index (χ3v) is 3.40. The summed E-state index contributed by atoms with van der Waals surface area (Å²) in [6.07, 6.45) is 4.12. The Balaban J connectivity index is 2.12. The molecule has 0 aliphatic carbocycles. The van der Waals surface area contributed by atoms with Crippen molar-refractivity contribution in [2.75, 3.05) is 26.7 Å². The molecule has 94 valence electrons. The molecule has 16 heavy (non-hydrogen) atoms. The van der Waals surface area contributed by atoms with Crippen LogP contribution in [0.5, 0.6) is 0 Å². The monoisotopic (exact) mass is 226 g/mol. The van der Waals surface area contributed by atoms with E-state index < -0.39 is 0 Å². The van der Waals surface area contributed by atoms with Crippen LogP contribution in [-0.4, -0.2) is 37.5 Å². The van der Waals surface area contributed by atoms with E-state index in [-0.39, 0.29) is 0 Å². The second-order valence-corrected chi connectivity index (χ2v) is 5.40. The molecule has 1 amide bonds. The van der Waals surface area contributed by atoms with E-state index in [9.17, 15) is 4.79 Å². The number of hydrogen-bond donors (Lipinski definition) is 1. The highest BCUT2D eigenvalue weighted by molar-refractivity contribution is 5.75. The Kier molecular flexibility index (Phi) is 5.81. The first-order chi connectivity index (χ1) is 7.59. The third-order valence-electron chi connectivity index (χ3n) is 3.40. The minimum absolute atomic E-state index is 0.313. The zero-order valence-electron chi connectivity index (χ0n) is 11.0.